The third kappa shape index (κ3) is 4.95. The van der Waals surface area contributed by atoms with Gasteiger partial charge >= 0.3 is 0 Å². The van der Waals surface area contributed by atoms with Crippen LogP contribution in [0.2, 0.25) is 0 Å². The first-order valence-electron chi connectivity index (χ1n) is 9.22. The molecule has 23 heavy (non-hydrogen) atoms. The maximum Gasteiger partial charge on any atom is 0.0894 e. The number of aliphatic imine (C=N–C) groups is 1. The number of nitrogens with zero attached hydrogens (tertiary/aromatic N) is 2. The molecule has 1 atom stereocenters. The molecule has 0 saturated heterocycles. The van der Waals surface area contributed by atoms with Gasteiger partial charge < -0.3 is 4.90 Å². The second-order valence-corrected chi connectivity index (χ2v) is 6.72. The summed E-state index contributed by atoms with van der Waals surface area (Å²) in [6.45, 7) is 9.59. The maximum atomic E-state index is 4.44. The molecule has 0 aromatic heterocycles. The summed E-state index contributed by atoms with van der Waals surface area (Å²) in [4.78, 5) is 6.74. The molecule has 1 aliphatic carbocycles. The van der Waals surface area contributed by atoms with E-state index in [1.54, 1.807) is 0 Å². The molecule has 1 aliphatic rings. The van der Waals surface area contributed by atoms with Crippen molar-refractivity contribution >= 4 is 12.4 Å². The van der Waals surface area contributed by atoms with Crippen LogP contribution in [0, 0.1) is 0 Å². The molecule has 2 heteroatoms. The Bertz CT molecular complexity index is 539. The smallest absolute Gasteiger partial charge is 0.0894 e. The van der Waals surface area contributed by atoms with E-state index < -0.39 is 0 Å². The highest BCUT2D eigenvalue weighted by atomic mass is 15.2. The van der Waals surface area contributed by atoms with E-state index in [2.05, 4.69) is 67.9 Å². The van der Waals surface area contributed by atoms with Gasteiger partial charge in [0.1, 0.15) is 0 Å². The molecule has 0 N–H and O–H groups in total. The predicted octanol–water partition coefficient (Wildman–Crippen LogP) is 5.85. The Morgan fingerprint density at radius 2 is 2.04 bits per heavy atom. The molecule has 0 radical (unpaired) electrons. The van der Waals surface area contributed by atoms with Crippen molar-refractivity contribution in [3.63, 3.8) is 0 Å². The summed E-state index contributed by atoms with van der Waals surface area (Å²) in [5.74, 6) is 0.774. The number of allylic oxidation sites excluding steroid dienone is 1. The van der Waals surface area contributed by atoms with Crippen LogP contribution >= 0.6 is 0 Å². The van der Waals surface area contributed by atoms with Crippen LogP contribution in [0.1, 0.15) is 76.8 Å². The summed E-state index contributed by atoms with van der Waals surface area (Å²) in [5, 5.41) is 0. The van der Waals surface area contributed by atoms with E-state index >= 15 is 0 Å². The number of rotatable bonds is 7. The summed E-state index contributed by atoms with van der Waals surface area (Å²) < 4.78 is 0. The van der Waals surface area contributed by atoms with Gasteiger partial charge in [-0.05, 0) is 63.2 Å². The zero-order valence-electron chi connectivity index (χ0n) is 15.3. The van der Waals surface area contributed by atoms with Crippen LogP contribution < -0.4 is 0 Å². The van der Waals surface area contributed by atoms with Crippen molar-refractivity contribution in [3.8, 4) is 0 Å². The SMILES string of the molecule is CCN=CN(/C(C)=C\c1cccc(C2CCCC2)c1)C(C)CC. The van der Waals surface area contributed by atoms with E-state index in [1.807, 2.05) is 6.34 Å². The zero-order valence-corrected chi connectivity index (χ0v) is 15.3. The van der Waals surface area contributed by atoms with Gasteiger partial charge in [0.15, 0.2) is 0 Å². The van der Waals surface area contributed by atoms with Crippen LogP contribution in [0.4, 0.5) is 0 Å². The van der Waals surface area contributed by atoms with E-state index in [0.29, 0.717) is 6.04 Å². The highest BCUT2D eigenvalue weighted by Gasteiger charge is 2.17. The molecule has 1 aromatic rings. The molecule has 1 saturated carbocycles. The maximum absolute atomic E-state index is 4.44. The van der Waals surface area contributed by atoms with E-state index in [1.165, 1.54) is 42.5 Å². The fraction of sp³-hybridized carbons (Fsp3) is 0.571. The summed E-state index contributed by atoms with van der Waals surface area (Å²) in [6, 6.07) is 9.58. The molecule has 0 spiro atoms. The number of hydrogen-bond donors (Lipinski definition) is 0. The molecule has 1 aromatic carbocycles. The Labute approximate surface area is 142 Å². The minimum Gasteiger partial charge on any atom is -0.334 e. The molecule has 0 amide bonds. The van der Waals surface area contributed by atoms with Crippen LogP contribution in [-0.2, 0) is 0 Å². The average molecular weight is 313 g/mol. The largest absolute Gasteiger partial charge is 0.334 e. The van der Waals surface area contributed by atoms with Gasteiger partial charge in [0.25, 0.3) is 0 Å². The van der Waals surface area contributed by atoms with E-state index in [0.717, 1.165) is 18.9 Å². The fourth-order valence-corrected chi connectivity index (χ4v) is 3.40. The zero-order chi connectivity index (χ0) is 16.7. The second kappa shape index (κ2) is 8.90. The van der Waals surface area contributed by atoms with Gasteiger partial charge in [-0.3, -0.25) is 4.99 Å². The van der Waals surface area contributed by atoms with Crippen molar-refractivity contribution in [3.05, 3.63) is 41.1 Å². The highest BCUT2D eigenvalue weighted by molar-refractivity contribution is 5.63. The summed E-state index contributed by atoms with van der Waals surface area (Å²) in [5.41, 5.74) is 4.09. The van der Waals surface area contributed by atoms with Gasteiger partial charge in [0.05, 0.1) is 6.34 Å². The Kier molecular flexibility index (Phi) is 6.88. The molecular weight excluding hydrogens is 280 g/mol. The molecule has 0 heterocycles. The lowest BCUT2D eigenvalue weighted by Gasteiger charge is -2.27. The number of hydrogen-bond acceptors (Lipinski definition) is 1. The Morgan fingerprint density at radius 1 is 1.30 bits per heavy atom. The summed E-state index contributed by atoms with van der Waals surface area (Å²) in [6.07, 6.45) is 10.9. The highest BCUT2D eigenvalue weighted by Crippen LogP contribution is 2.34. The fourth-order valence-electron chi connectivity index (χ4n) is 3.40. The first kappa shape index (κ1) is 17.8. The minimum atomic E-state index is 0.472. The van der Waals surface area contributed by atoms with Gasteiger partial charge in [-0.2, -0.15) is 0 Å². The lowest BCUT2D eigenvalue weighted by atomic mass is 9.96. The number of benzene rings is 1. The molecule has 0 bridgehead atoms. The molecule has 126 valence electrons. The van der Waals surface area contributed by atoms with Crippen molar-refractivity contribution in [2.75, 3.05) is 6.54 Å². The minimum absolute atomic E-state index is 0.472. The Balaban J connectivity index is 2.20. The van der Waals surface area contributed by atoms with Crippen LogP contribution in [0.3, 0.4) is 0 Å². The molecule has 2 rings (SSSR count). The van der Waals surface area contributed by atoms with Crippen molar-refractivity contribution in [2.45, 2.75) is 71.8 Å². The van der Waals surface area contributed by atoms with Crippen LogP contribution in [0.15, 0.2) is 35.0 Å². The standard InChI is InChI=1S/C21H32N2/c1-5-17(3)23(16-22-6-2)18(4)14-19-10-9-13-21(15-19)20-11-7-8-12-20/h9-10,13-17,20H,5-8,11-12H2,1-4H3/b18-14-,22-16?. The molecular formula is C21H32N2. The van der Waals surface area contributed by atoms with Gasteiger partial charge in [0, 0.05) is 18.3 Å². The predicted molar refractivity (Wildman–Crippen MR) is 102 cm³/mol. The summed E-state index contributed by atoms with van der Waals surface area (Å²) >= 11 is 0. The molecule has 2 nitrogen and oxygen atoms in total. The average Bonchev–Trinajstić information content (AvgIpc) is 3.09. The van der Waals surface area contributed by atoms with Crippen molar-refractivity contribution in [1.82, 2.24) is 4.90 Å². The second-order valence-electron chi connectivity index (χ2n) is 6.72. The van der Waals surface area contributed by atoms with Crippen molar-refractivity contribution < 1.29 is 0 Å². The quantitative estimate of drug-likeness (QED) is 0.455. The Morgan fingerprint density at radius 3 is 2.70 bits per heavy atom. The first-order valence-corrected chi connectivity index (χ1v) is 9.22. The molecule has 0 aliphatic heterocycles. The topological polar surface area (TPSA) is 15.6 Å². The molecule has 1 unspecified atom stereocenters. The lowest BCUT2D eigenvalue weighted by Crippen LogP contribution is -2.29. The third-order valence-corrected chi connectivity index (χ3v) is 4.97. The van der Waals surface area contributed by atoms with Gasteiger partial charge in [-0.1, -0.05) is 44.0 Å². The van der Waals surface area contributed by atoms with E-state index in [-0.39, 0.29) is 0 Å². The van der Waals surface area contributed by atoms with E-state index in [9.17, 15) is 0 Å². The van der Waals surface area contributed by atoms with Crippen LogP contribution in [-0.4, -0.2) is 23.8 Å². The monoisotopic (exact) mass is 312 g/mol. The van der Waals surface area contributed by atoms with Crippen LogP contribution in [0.5, 0.6) is 0 Å². The van der Waals surface area contributed by atoms with Crippen molar-refractivity contribution in [2.24, 2.45) is 4.99 Å². The van der Waals surface area contributed by atoms with E-state index in [4.69, 9.17) is 0 Å². The van der Waals surface area contributed by atoms with Gasteiger partial charge in [0.2, 0.25) is 0 Å². The first-order chi connectivity index (χ1) is 11.2. The normalized spacial score (nSPS) is 17.8. The Hall–Kier alpha value is -1.57. The van der Waals surface area contributed by atoms with Crippen molar-refractivity contribution in [1.29, 1.82) is 0 Å². The third-order valence-electron chi connectivity index (χ3n) is 4.97. The van der Waals surface area contributed by atoms with Gasteiger partial charge in [-0.25, -0.2) is 0 Å². The van der Waals surface area contributed by atoms with Gasteiger partial charge in [-0.15, -0.1) is 0 Å². The molecule has 1 fully saturated rings. The lowest BCUT2D eigenvalue weighted by molar-refractivity contribution is 0.401. The summed E-state index contributed by atoms with van der Waals surface area (Å²) in [7, 11) is 0. The van der Waals surface area contributed by atoms with Crippen LogP contribution in [0.25, 0.3) is 6.08 Å².